The van der Waals surface area contributed by atoms with Crippen LogP contribution in [0.2, 0.25) is 0 Å². The number of carbonyl (C=O) groups excluding carboxylic acids is 1. The van der Waals surface area contributed by atoms with Gasteiger partial charge >= 0.3 is 18.1 Å². The highest BCUT2D eigenvalue weighted by atomic mass is 19.4. The summed E-state index contributed by atoms with van der Waals surface area (Å²) < 4.78 is 55.0. The molecule has 1 heterocycles. The number of piperidine rings is 1. The van der Waals surface area contributed by atoms with E-state index in [2.05, 4.69) is 59.9 Å². The first-order valence-electron chi connectivity index (χ1n) is 14.7. The van der Waals surface area contributed by atoms with Crippen molar-refractivity contribution in [2.45, 2.75) is 37.3 Å². The Bertz CT molecular complexity index is 1550. The van der Waals surface area contributed by atoms with Gasteiger partial charge in [0.15, 0.2) is 6.10 Å². The summed E-state index contributed by atoms with van der Waals surface area (Å²) in [5.41, 5.74) is 2.92. The van der Waals surface area contributed by atoms with Crippen LogP contribution in [-0.2, 0) is 25.6 Å². The summed E-state index contributed by atoms with van der Waals surface area (Å²) in [5, 5.41) is 13.1. The minimum absolute atomic E-state index is 0.0838. The zero-order chi connectivity index (χ0) is 32.9. The SMILES string of the molecule is COCC(COc1ccc(C2CCNCC2OCc2ccc3ccccc3c2)cc1)OC(=O)c1ccccc1.O=C(O)C(F)(F)F. The van der Waals surface area contributed by atoms with Crippen molar-refractivity contribution in [1.29, 1.82) is 0 Å². The van der Waals surface area contributed by atoms with Gasteiger partial charge < -0.3 is 29.4 Å². The van der Waals surface area contributed by atoms with Crippen LogP contribution in [0.4, 0.5) is 13.2 Å². The van der Waals surface area contributed by atoms with E-state index >= 15 is 0 Å². The second-order valence-electron chi connectivity index (χ2n) is 10.7. The van der Waals surface area contributed by atoms with Gasteiger partial charge in [0.1, 0.15) is 12.4 Å². The molecule has 1 saturated heterocycles. The second kappa shape index (κ2) is 16.7. The number of rotatable bonds is 11. The number of alkyl halides is 3. The Morgan fingerprint density at radius 2 is 1.59 bits per heavy atom. The highest BCUT2D eigenvalue weighted by Gasteiger charge is 2.38. The second-order valence-corrected chi connectivity index (χ2v) is 10.7. The number of carboxylic acid groups (broad SMARTS) is 1. The molecule has 11 heteroatoms. The molecule has 46 heavy (non-hydrogen) atoms. The van der Waals surface area contributed by atoms with Crippen LogP contribution < -0.4 is 10.1 Å². The predicted molar refractivity (Wildman–Crippen MR) is 166 cm³/mol. The molecule has 0 spiro atoms. The van der Waals surface area contributed by atoms with Crippen molar-refractivity contribution < 1.29 is 46.8 Å². The molecule has 0 radical (unpaired) electrons. The van der Waals surface area contributed by atoms with Crippen LogP contribution >= 0.6 is 0 Å². The third kappa shape index (κ3) is 10.3. The fourth-order valence-corrected chi connectivity index (χ4v) is 5.01. The van der Waals surface area contributed by atoms with Crippen LogP contribution in [0, 0.1) is 0 Å². The minimum atomic E-state index is -5.08. The lowest BCUT2D eigenvalue weighted by Crippen LogP contribution is -2.40. The maximum atomic E-state index is 12.4. The Balaban J connectivity index is 0.000000617. The Hall–Kier alpha value is -4.45. The summed E-state index contributed by atoms with van der Waals surface area (Å²) >= 11 is 0. The Morgan fingerprint density at radius 3 is 2.26 bits per heavy atom. The number of hydrogen-bond acceptors (Lipinski definition) is 7. The number of hydrogen-bond donors (Lipinski definition) is 2. The summed E-state index contributed by atoms with van der Waals surface area (Å²) in [5.74, 6) is -2.13. The summed E-state index contributed by atoms with van der Waals surface area (Å²) in [6.07, 6.45) is -4.51. The summed E-state index contributed by atoms with van der Waals surface area (Å²) in [4.78, 5) is 21.3. The van der Waals surface area contributed by atoms with Gasteiger partial charge in [0.25, 0.3) is 0 Å². The topological polar surface area (TPSA) is 103 Å². The quantitative estimate of drug-likeness (QED) is 0.182. The van der Waals surface area contributed by atoms with Crippen LogP contribution in [0.5, 0.6) is 5.75 Å². The molecule has 5 rings (SSSR count). The zero-order valence-electron chi connectivity index (χ0n) is 25.2. The monoisotopic (exact) mass is 639 g/mol. The molecule has 4 aromatic rings. The highest BCUT2D eigenvalue weighted by molar-refractivity contribution is 5.89. The third-order valence-electron chi connectivity index (χ3n) is 7.33. The van der Waals surface area contributed by atoms with Crippen molar-refractivity contribution >= 4 is 22.7 Å². The van der Waals surface area contributed by atoms with Crippen molar-refractivity contribution in [2.75, 3.05) is 33.4 Å². The number of nitrogens with one attached hydrogen (secondary N) is 1. The molecule has 0 amide bonds. The Morgan fingerprint density at radius 1 is 0.913 bits per heavy atom. The van der Waals surface area contributed by atoms with E-state index in [1.165, 1.54) is 21.9 Å². The molecule has 0 aliphatic carbocycles. The molecular formula is C35H36F3NO7. The zero-order valence-corrected chi connectivity index (χ0v) is 25.2. The van der Waals surface area contributed by atoms with Gasteiger partial charge in [-0.25, -0.2) is 9.59 Å². The Labute approximate surface area is 265 Å². The van der Waals surface area contributed by atoms with E-state index in [-0.39, 0.29) is 19.3 Å². The van der Waals surface area contributed by atoms with Crippen LogP contribution in [0.1, 0.15) is 33.8 Å². The molecule has 1 fully saturated rings. The molecule has 8 nitrogen and oxygen atoms in total. The van der Waals surface area contributed by atoms with E-state index in [1.54, 1.807) is 31.4 Å². The molecule has 1 aliphatic heterocycles. The van der Waals surface area contributed by atoms with Crippen LogP contribution in [0.25, 0.3) is 10.8 Å². The fraction of sp³-hybridized carbons (Fsp3) is 0.314. The molecule has 2 N–H and O–H groups in total. The van der Waals surface area contributed by atoms with Gasteiger partial charge in [0.2, 0.25) is 0 Å². The van der Waals surface area contributed by atoms with Gasteiger partial charge in [-0.15, -0.1) is 0 Å². The first-order valence-corrected chi connectivity index (χ1v) is 14.7. The number of carbonyl (C=O) groups is 2. The number of ether oxygens (including phenoxy) is 4. The Kier molecular flexibility index (Phi) is 12.5. The van der Waals surface area contributed by atoms with Gasteiger partial charge in [-0.2, -0.15) is 13.2 Å². The van der Waals surface area contributed by atoms with E-state index < -0.39 is 24.2 Å². The molecule has 0 saturated carbocycles. The van der Waals surface area contributed by atoms with Crippen molar-refractivity contribution in [1.82, 2.24) is 5.32 Å². The number of halogens is 3. The molecule has 4 aromatic carbocycles. The lowest BCUT2D eigenvalue weighted by atomic mass is 9.87. The van der Waals surface area contributed by atoms with Gasteiger partial charge in [0, 0.05) is 19.6 Å². The molecule has 244 valence electrons. The number of benzene rings is 4. The van der Waals surface area contributed by atoms with Crippen molar-refractivity contribution in [3.63, 3.8) is 0 Å². The molecule has 3 atom stereocenters. The molecule has 3 unspecified atom stereocenters. The number of carboxylic acids is 1. The van der Waals surface area contributed by atoms with Crippen molar-refractivity contribution in [3.05, 3.63) is 114 Å². The summed E-state index contributed by atoms with van der Waals surface area (Å²) in [6, 6.07) is 32.0. The van der Waals surface area contributed by atoms with E-state index in [1.807, 2.05) is 18.2 Å². The average Bonchev–Trinajstić information content (AvgIpc) is 3.07. The first-order chi connectivity index (χ1) is 22.1. The number of esters is 1. The fourth-order valence-electron chi connectivity index (χ4n) is 5.01. The normalized spacial score (nSPS) is 17.0. The van der Waals surface area contributed by atoms with Crippen molar-refractivity contribution in [3.8, 4) is 5.75 Å². The molecule has 0 aromatic heterocycles. The van der Waals surface area contributed by atoms with E-state index in [0.717, 1.165) is 25.3 Å². The maximum Gasteiger partial charge on any atom is 0.490 e. The summed E-state index contributed by atoms with van der Waals surface area (Å²) in [6.45, 7) is 2.82. The maximum absolute atomic E-state index is 12.4. The lowest BCUT2D eigenvalue weighted by molar-refractivity contribution is -0.192. The number of aliphatic carboxylic acids is 1. The van der Waals surface area contributed by atoms with Crippen molar-refractivity contribution in [2.24, 2.45) is 0 Å². The van der Waals surface area contributed by atoms with Crippen LogP contribution in [-0.4, -0.2) is 68.8 Å². The summed E-state index contributed by atoms with van der Waals surface area (Å²) in [7, 11) is 1.58. The minimum Gasteiger partial charge on any atom is -0.490 e. The average molecular weight is 640 g/mol. The lowest BCUT2D eigenvalue weighted by Gasteiger charge is -2.32. The standard InChI is InChI=1S/C33H35NO5.C2HF3O2/c1-36-22-30(39-33(35)27-8-3-2-4-9-27)23-37-29-15-13-26(14-16-29)31-17-18-34-20-32(31)38-21-24-11-12-25-7-5-6-10-28(25)19-24;3-2(4,5)1(6)7/h2-16,19,30-32,34H,17-18,20-23H2,1H3;(H,6,7). The van der Waals surface area contributed by atoms with Gasteiger partial charge in [-0.1, -0.05) is 66.7 Å². The van der Waals surface area contributed by atoms with Crippen LogP contribution in [0.3, 0.4) is 0 Å². The third-order valence-corrected chi connectivity index (χ3v) is 7.33. The van der Waals surface area contributed by atoms with Gasteiger partial charge in [-0.05, 0) is 65.2 Å². The van der Waals surface area contributed by atoms with Crippen LogP contribution in [0.15, 0.2) is 97.1 Å². The van der Waals surface area contributed by atoms with E-state index in [0.29, 0.717) is 18.1 Å². The number of fused-ring (bicyclic) bond motifs is 1. The predicted octanol–water partition coefficient (Wildman–Crippen LogP) is 6.39. The molecular weight excluding hydrogens is 603 g/mol. The highest BCUT2D eigenvalue weighted by Crippen LogP contribution is 2.30. The first kappa shape index (κ1) is 34.4. The largest absolute Gasteiger partial charge is 0.490 e. The van der Waals surface area contributed by atoms with Gasteiger partial charge in [0.05, 0.1) is 24.9 Å². The molecule has 1 aliphatic rings. The van der Waals surface area contributed by atoms with Gasteiger partial charge in [-0.3, -0.25) is 0 Å². The molecule has 0 bridgehead atoms. The smallest absolute Gasteiger partial charge is 0.490 e. The number of methoxy groups -OCH3 is 1. The van der Waals surface area contributed by atoms with E-state index in [9.17, 15) is 18.0 Å². The van der Waals surface area contributed by atoms with E-state index in [4.69, 9.17) is 28.8 Å².